The summed E-state index contributed by atoms with van der Waals surface area (Å²) in [7, 11) is -2.29. The number of sulfonamides is 1. The number of halogens is 1. The molecule has 0 spiro atoms. The summed E-state index contributed by atoms with van der Waals surface area (Å²) in [5.41, 5.74) is 4.71. The predicted molar refractivity (Wildman–Crippen MR) is 99.4 cm³/mol. The highest BCUT2D eigenvalue weighted by Gasteiger charge is 2.18. The summed E-state index contributed by atoms with van der Waals surface area (Å²) in [4.78, 5) is 24.0. The van der Waals surface area contributed by atoms with Gasteiger partial charge in [-0.3, -0.25) is 20.4 Å². The fraction of sp³-hybridized carbons (Fsp3) is 0.222. The largest absolute Gasteiger partial charge is 0.383 e. The number of amides is 2. The highest BCUT2D eigenvalue weighted by atomic mass is 32.2. The third-order valence-electron chi connectivity index (χ3n) is 3.60. The van der Waals surface area contributed by atoms with Crippen LogP contribution < -0.4 is 15.6 Å². The molecular weight excluding hydrogens is 389 g/mol. The Morgan fingerprint density at radius 1 is 0.964 bits per heavy atom. The molecule has 2 aromatic carbocycles. The van der Waals surface area contributed by atoms with Crippen molar-refractivity contribution in [3.63, 3.8) is 0 Å². The van der Waals surface area contributed by atoms with Crippen molar-refractivity contribution in [2.45, 2.75) is 17.9 Å². The van der Waals surface area contributed by atoms with Gasteiger partial charge in [-0.15, -0.1) is 0 Å². The molecule has 10 heteroatoms. The Kier molecular flexibility index (Phi) is 7.21. The summed E-state index contributed by atoms with van der Waals surface area (Å²) in [6.07, 6.45) is 0. The van der Waals surface area contributed by atoms with Crippen LogP contribution in [-0.2, 0) is 14.8 Å². The first-order valence-corrected chi connectivity index (χ1v) is 9.69. The zero-order valence-electron chi connectivity index (χ0n) is 15.2. The Morgan fingerprint density at radius 2 is 1.43 bits per heavy atom. The molecule has 0 aromatic heterocycles. The molecule has 0 radical (unpaired) electrons. The van der Waals surface area contributed by atoms with E-state index in [2.05, 4.69) is 15.6 Å². The molecule has 8 nitrogen and oxygen atoms in total. The van der Waals surface area contributed by atoms with Crippen molar-refractivity contribution >= 4 is 21.8 Å². The first-order valence-electron chi connectivity index (χ1n) is 8.20. The molecule has 150 valence electrons. The van der Waals surface area contributed by atoms with E-state index < -0.39 is 33.7 Å². The van der Waals surface area contributed by atoms with Gasteiger partial charge in [-0.1, -0.05) is 0 Å². The topological polar surface area (TPSA) is 114 Å². The van der Waals surface area contributed by atoms with Crippen molar-refractivity contribution in [2.24, 2.45) is 0 Å². The molecule has 0 saturated carbocycles. The van der Waals surface area contributed by atoms with Crippen molar-refractivity contribution in [3.8, 4) is 0 Å². The van der Waals surface area contributed by atoms with Gasteiger partial charge in [0.1, 0.15) is 5.82 Å². The summed E-state index contributed by atoms with van der Waals surface area (Å²) in [6.45, 7) is 1.88. The van der Waals surface area contributed by atoms with E-state index in [0.717, 1.165) is 12.1 Å². The third-order valence-corrected chi connectivity index (χ3v) is 5.20. The van der Waals surface area contributed by atoms with Gasteiger partial charge < -0.3 is 4.74 Å². The minimum absolute atomic E-state index is 0.0117. The number of carbonyl (C=O) groups is 2. The Morgan fingerprint density at radius 3 is 1.89 bits per heavy atom. The molecule has 0 saturated heterocycles. The lowest BCUT2D eigenvalue weighted by Gasteiger charge is -2.13. The van der Waals surface area contributed by atoms with Crippen LogP contribution in [0, 0.1) is 5.82 Å². The van der Waals surface area contributed by atoms with E-state index in [1.807, 2.05) is 0 Å². The van der Waals surface area contributed by atoms with E-state index in [0.29, 0.717) is 0 Å². The van der Waals surface area contributed by atoms with Crippen LogP contribution >= 0.6 is 0 Å². The van der Waals surface area contributed by atoms with Crippen molar-refractivity contribution in [1.82, 2.24) is 15.6 Å². The van der Waals surface area contributed by atoms with E-state index in [-0.39, 0.29) is 22.6 Å². The Bertz CT molecular complexity index is 931. The molecule has 0 heterocycles. The smallest absolute Gasteiger partial charge is 0.269 e. The van der Waals surface area contributed by atoms with E-state index in [4.69, 9.17) is 4.74 Å². The normalized spacial score (nSPS) is 12.2. The molecule has 2 rings (SSSR count). The molecular formula is C18H20FN3O5S. The minimum Gasteiger partial charge on any atom is -0.383 e. The van der Waals surface area contributed by atoms with Crippen LogP contribution in [0.4, 0.5) is 4.39 Å². The summed E-state index contributed by atoms with van der Waals surface area (Å²) in [6, 6.07) is 9.55. The molecule has 2 amide bonds. The monoisotopic (exact) mass is 409 g/mol. The number of rotatable bonds is 7. The number of hydrogen-bond donors (Lipinski definition) is 3. The van der Waals surface area contributed by atoms with Crippen LogP contribution in [0.15, 0.2) is 53.4 Å². The highest BCUT2D eigenvalue weighted by molar-refractivity contribution is 7.89. The van der Waals surface area contributed by atoms with Gasteiger partial charge in [-0.25, -0.2) is 17.5 Å². The SMILES string of the molecule is COC[C@H](C)NS(=O)(=O)c1ccc(C(=O)NNC(=O)c2ccc(F)cc2)cc1. The van der Waals surface area contributed by atoms with Gasteiger partial charge in [0, 0.05) is 24.3 Å². The first-order chi connectivity index (χ1) is 13.2. The molecule has 3 N–H and O–H groups in total. The molecule has 0 aliphatic heterocycles. The Hall–Kier alpha value is -2.82. The van der Waals surface area contributed by atoms with Crippen LogP contribution in [0.3, 0.4) is 0 Å². The van der Waals surface area contributed by atoms with E-state index in [1.165, 1.54) is 43.5 Å². The van der Waals surface area contributed by atoms with Crippen molar-refractivity contribution in [1.29, 1.82) is 0 Å². The van der Waals surface area contributed by atoms with Crippen molar-refractivity contribution in [2.75, 3.05) is 13.7 Å². The summed E-state index contributed by atoms with van der Waals surface area (Å²) in [5, 5.41) is 0. The molecule has 28 heavy (non-hydrogen) atoms. The lowest BCUT2D eigenvalue weighted by atomic mass is 10.2. The molecule has 2 aromatic rings. The molecule has 0 fully saturated rings. The maximum absolute atomic E-state index is 12.9. The van der Waals surface area contributed by atoms with Crippen LogP contribution in [0.2, 0.25) is 0 Å². The number of carbonyl (C=O) groups excluding carboxylic acids is 2. The second-order valence-electron chi connectivity index (χ2n) is 5.92. The minimum atomic E-state index is -3.75. The summed E-state index contributed by atoms with van der Waals surface area (Å²) < 4.78 is 44.7. The number of hydrogen-bond acceptors (Lipinski definition) is 5. The second kappa shape index (κ2) is 9.40. The number of methoxy groups -OCH3 is 1. The molecule has 0 unspecified atom stereocenters. The quantitative estimate of drug-likeness (QED) is 0.595. The Balaban J connectivity index is 1.97. The number of nitrogens with one attached hydrogen (secondary N) is 3. The van der Waals surface area contributed by atoms with Crippen LogP contribution in [0.25, 0.3) is 0 Å². The molecule has 1 atom stereocenters. The molecule has 0 aliphatic rings. The zero-order valence-corrected chi connectivity index (χ0v) is 16.0. The van der Waals surface area contributed by atoms with E-state index in [1.54, 1.807) is 6.92 Å². The maximum Gasteiger partial charge on any atom is 0.269 e. The van der Waals surface area contributed by atoms with Gasteiger partial charge >= 0.3 is 0 Å². The summed E-state index contributed by atoms with van der Waals surface area (Å²) >= 11 is 0. The Labute approximate surface area is 162 Å². The van der Waals surface area contributed by atoms with E-state index in [9.17, 15) is 22.4 Å². The van der Waals surface area contributed by atoms with Crippen LogP contribution in [-0.4, -0.2) is 40.0 Å². The van der Waals surface area contributed by atoms with Gasteiger partial charge in [0.25, 0.3) is 11.8 Å². The van der Waals surface area contributed by atoms with Crippen molar-refractivity contribution in [3.05, 3.63) is 65.5 Å². The van der Waals surface area contributed by atoms with Crippen molar-refractivity contribution < 1.29 is 27.1 Å². The summed E-state index contributed by atoms with van der Waals surface area (Å²) in [5.74, 6) is -1.74. The van der Waals surface area contributed by atoms with Crippen LogP contribution in [0.1, 0.15) is 27.6 Å². The van der Waals surface area contributed by atoms with Gasteiger partial charge in [0.15, 0.2) is 0 Å². The fourth-order valence-corrected chi connectivity index (χ4v) is 3.49. The number of ether oxygens (including phenoxy) is 1. The zero-order chi connectivity index (χ0) is 20.7. The second-order valence-corrected chi connectivity index (χ2v) is 7.63. The number of hydrazine groups is 1. The van der Waals surface area contributed by atoms with E-state index >= 15 is 0 Å². The average molecular weight is 409 g/mol. The first kappa shape index (κ1) is 21.5. The third kappa shape index (κ3) is 5.84. The lowest BCUT2D eigenvalue weighted by Crippen LogP contribution is -2.41. The van der Waals surface area contributed by atoms with Crippen LogP contribution in [0.5, 0.6) is 0 Å². The number of benzene rings is 2. The maximum atomic E-state index is 12.9. The standard InChI is InChI=1S/C18H20FN3O5S/c1-12(11-27-2)22-28(25,26)16-9-5-14(6-10-16)18(24)21-20-17(23)13-3-7-15(19)8-4-13/h3-10,12,22H,11H2,1-2H3,(H,20,23)(H,21,24)/t12-/m0/s1. The average Bonchev–Trinajstić information content (AvgIpc) is 2.66. The van der Waals surface area contributed by atoms with Gasteiger partial charge in [-0.05, 0) is 55.5 Å². The fourth-order valence-electron chi connectivity index (χ4n) is 2.26. The molecule has 0 aliphatic carbocycles. The van der Waals surface area contributed by atoms with Gasteiger partial charge in [-0.2, -0.15) is 0 Å². The highest BCUT2D eigenvalue weighted by Crippen LogP contribution is 2.11. The molecule has 0 bridgehead atoms. The van der Waals surface area contributed by atoms with Gasteiger partial charge in [0.2, 0.25) is 10.0 Å². The lowest BCUT2D eigenvalue weighted by molar-refractivity contribution is 0.0846. The van der Waals surface area contributed by atoms with Gasteiger partial charge in [0.05, 0.1) is 11.5 Å². The predicted octanol–water partition coefficient (Wildman–Crippen LogP) is 1.21.